The van der Waals surface area contributed by atoms with E-state index in [1.165, 1.54) is 24.3 Å². The topological polar surface area (TPSA) is 84.2 Å². The lowest BCUT2D eigenvalue weighted by Crippen LogP contribution is -2.49. The molecule has 0 bridgehead atoms. The third-order valence-corrected chi connectivity index (χ3v) is 2.62. The van der Waals surface area contributed by atoms with Gasteiger partial charge in [-0.2, -0.15) is 0 Å². The van der Waals surface area contributed by atoms with Crippen LogP contribution in [0.4, 0.5) is 4.39 Å². The number of carbonyl (C=O) groups is 2. The van der Waals surface area contributed by atoms with Crippen LogP contribution in [0.25, 0.3) is 0 Å². The van der Waals surface area contributed by atoms with Crippen molar-refractivity contribution in [3.05, 3.63) is 35.6 Å². The van der Waals surface area contributed by atoms with Gasteiger partial charge in [-0.25, -0.2) is 4.39 Å². The first-order valence-electron chi connectivity index (χ1n) is 6.41. The molecular weight excluding hydrogens is 261 g/mol. The number of halogens is 1. The largest absolute Gasteiger partial charge is 0.354 e. The average molecular weight is 281 g/mol. The lowest BCUT2D eigenvalue weighted by Gasteiger charge is -2.17. The quantitative estimate of drug-likeness (QED) is 0.674. The van der Waals surface area contributed by atoms with Crippen LogP contribution < -0.4 is 16.4 Å². The maximum absolute atomic E-state index is 12.7. The lowest BCUT2D eigenvalue weighted by atomic mass is 10.1. The van der Waals surface area contributed by atoms with Crippen molar-refractivity contribution >= 4 is 11.8 Å². The molecule has 2 amide bonds. The maximum Gasteiger partial charge on any atom is 0.251 e. The Labute approximate surface area is 117 Å². The van der Waals surface area contributed by atoms with Gasteiger partial charge in [0.05, 0.1) is 5.54 Å². The normalized spacial score (nSPS) is 11.0. The number of hydrogen-bond acceptors (Lipinski definition) is 3. The average Bonchev–Trinajstić information content (AvgIpc) is 2.37. The van der Waals surface area contributed by atoms with Gasteiger partial charge in [0.2, 0.25) is 5.91 Å². The van der Waals surface area contributed by atoms with Crippen molar-refractivity contribution in [2.24, 2.45) is 5.73 Å². The molecule has 0 saturated carbocycles. The van der Waals surface area contributed by atoms with Crippen molar-refractivity contribution in [1.82, 2.24) is 10.6 Å². The molecule has 4 N–H and O–H groups in total. The van der Waals surface area contributed by atoms with Crippen molar-refractivity contribution in [2.75, 3.05) is 13.1 Å². The predicted octanol–water partition coefficient (Wildman–Crippen LogP) is 0.799. The first-order valence-corrected chi connectivity index (χ1v) is 6.41. The van der Waals surface area contributed by atoms with E-state index in [0.29, 0.717) is 25.1 Å². The van der Waals surface area contributed by atoms with Crippen LogP contribution in [0.2, 0.25) is 0 Å². The van der Waals surface area contributed by atoms with Crippen molar-refractivity contribution in [3.63, 3.8) is 0 Å². The number of benzene rings is 1. The van der Waals surface area contributed by atoms with E-state index in [-0.39, 0.29) is 17.6 Å². The summed E-state index contributed by atoms with van der Waals surface area (Å²) in [5.41, 5.74) is 5.11. The predicted molar refractivity (Wildman–Crippen MR) is 74.6 cm³/mol. The van der Waals surface area contributed by atoms with Gasteiger partial charge in [0, 0.05) is 18.7 Å². The summed E-state index contributed by atoms with van der Waals surface area (Å²) in [6.07, 6.45) is 0.592. The third-order valence-electron chi connectivity index (χ3n) is 2.62. The molecule has 0 aliphatic rings. The van der Waals surface area contributed by atoms with E-state index in [1.807, 2.05) is 0 Å². The molecule has 5 nitrogen and oxygen atoms in total. The molecule has 6 heteroatoms. The van der Waals surface area contributed by atoms with Gasteiger partial charge in [-0.15, -0.1) is 0 Å². The number of amides is 2. The van der Waals surface area contributed by atoms with Gasteiger partial charge < -0.3 is 16.4 Å². The highest BCUT2D eigenvalue weighted by atomic mass is 19.1. The van der Waals surface area contributed by atoms with Crippen LogP contribution in [-0.4, -0.2) is 30.4 Å². The molecule has 110 valence electrons. The van der Waals surface area contributed by atoms with E-state index in [2.05, 4.69) is 10.6 Å². The van der Waals surface area contributed by atoms with Crippen molar-refractivity contribution < 1.29 is 14.0 Å². The summed E-state index contributed by atoms with van der Waals surface area (Å²) in [4.78, 5) is 23.1. The Morgan fingerprint density at radius 2 is 1.70 bits per heavy atom. The second-order valence-corrected chi connectivity index (χ2v) is 5.09. The minimum absolute atomic E-state index is 0.234. The van der Waals surface area contributed by atoms with Gasteiger partial charge in [-0.05, 0) is 44.5 Å². The number of rotatable bonds is 6. The lowest BCUT2D eigenvalue weighted by molar-refractivity contribution is -0.125. The summed E-state index contributed by atoms with van der Waals surface area (Å²) in [7, 11) is 0. The fourth-order valence-electron chi connectivity index (χ4n) is 1.42. The molecule has 0 heterocycles. The molecule has 0 saturated heterocycles. The third kappa shape index (κ3) is 5.36. The highest BCUT2D eigenvalue weighted by Crippen LogP contribution is 2.02. The van der Waals surface area contributed by atoms with Gasteiger partial charge in [-0.3, -0.25) is 9.59 Å². The number of nitrogens with one attached hydrogen (secondary N) is 2. The highest BCUT2D eigenvalue weighted by molar-refractivity contribution is 5.94. The molecule has 0 atom stereocenters. The van der Waals surface area contributed by atoms with Crippen LogP contribution in [0.15, 0.2) is 24.3 Å². The number of nitrogens with two attached hydrogens (primary N) is 1. The Bertz CT molecular complexity index is 466. The van der Waals surface area contributed by atoms with Gasteiger partial charge in [0.15, 0.2) is 0 Å². The summed E-state index contributed by atoms with van der Waals surface area (Å²) in [6.45, 7) is 4.10. The molecule has 1 aromatic rings. The summed E-state index contributed by atoms with van der Waals surface area (Å²) in [6, 6.07) is 5.31. The summed E-state index contributed by atoms with van der Waals surface area (Å²) < 4.78 is 12.7. The molecule has 0 aromatic heterocycles. The summed E-state index contributed by atoms with van der Waals surface area (Å²) in [5.74, 6) is -0.883. The molecule has 0 aliphatic carbocycles. The van der Waals surface area contributed by atoms with E-state index < -0.39 is 5.54 Å². The Kier molecular flexibility index (Phi) is 5.64. The smallest absolute Gasteiger partial charge is 0.251 e. The number of carbonyl (C=O) groups excluding carboxylic acids is 2. The molecule has 20 heavy (non-hydrogen) atoms. The highest BCUT2D eigenvalue weighted by Gasteiger charge is 2.20. The zero-order valence-electron chi connectivity index (χ0n) is 11.7. The molecule has 0 radical (unpaired) electrons. The van der Waals surface area contributed by atoms with Crippen LogP contribution in [-0.2, 0) is 4.79 Å². The van der Waals surface area contributed by atoms with Gasteiger partial charge in [0.25, 0.3) is 5.91 Å². The molecule has 0 unspecified atom stereocenters. The fraction of sp³-hybridized carbons (Fsp3) is 0.429. The van der Waals surface area contributed by atoms with Crippen molar-refractivity contribution in [1.29, 1.82) is 0 Å². The SMILES string of the molecule is CC(C)(N)C(=O)NCCCNC(=O)c1ccc(F)cc1. The Hall–Kier alpha value is -1.95. The summed E-state index contributed by atoms with van der Waals surface area (Å²) in [5, 5.41) is 5.37. The molecule has 1 rings (SSSR count). The van der Waals surface area contributed by atoms with Crippen LogP contribution in [0.3, 0.4) is 0 Å². The monoisotopic (exact) mass is 281 g/mol. The molecular formula is C14H20FN3O2. The maximum atomic E-state index is 12.7. The van der Waals surface area contributed by atoms with Crippen molar-refractivity contribution in [3.8, 4) is 0 Å². The van der Waals surface area contributed by atoms with E-state index in [1.54, 1.807) is 13.8 Å². The van der Waals surface area contributed by atoms with E-state index >= 15 is 0 Å². The molecule has 0 aliphatic heterocycles. The second kappa shape index (κ2) is 7.00. The van der Waals surface area contributed by atoms with E-state index in [0.717, 1.165) is 0 Å². The fourth-order valence-corrected chi connectivity index (χ4v) is 1.42. The Morgan fingerprint density at radius 3 is 2.25 bits per heavy atom. The van der Waals surface area contributed by atoms with Gasteiger partial charge >= 0.3 is 0 Å². The minimum Gasteiger partial charge on any atom is -0.354 e. The van der Waals surface area contributed by atoms with E-state index in [4.69, 9.17) is 5.73 Å². The van der Waals surface area contributed by atoms with Crippen LogP contribution in [0, 0.1) is 5.82 Å². The molecule has 0 spiro atoms. The summed E-state index contributed by atoms with van der Waals surface area (Å²) >= 11 is 0. The zero-order chi connectivity index (χ0) is 15.2. The van der Waals surface area contributed by atoms with Gasteiger partial charge in [-0.1, -0.05) is 0 Å². The standard InChI is InChI=1S/C14H20FN3O2/c1-14(2,16)13(20)18-9-3-8-17-12(19)10-4-6-11(15)7-5-10/h4-7H,3,8-9,16H2,1-2H3,(H,17,19)(H,18,20). The van der Waals surface area contributed by atoms with Crippen LogP contribution in [0.5, 0.6) is 0 Å². The van der Waals surface area contributed by atoms with E-state index in [9.17, 15) is 14.0 Å². The van der Waals surface area contributed by atoms with Crippen LogP contribution in [0.1, 0.15) is 30.6 Å². The Balaban J connectivity index is 2.23. The molecule has 0 fully saturated rings. The zero-order valence-corrected chi connectivity index (χ0v) is 11.7. The second-order valence-electron chi connectivity index (χ2n) is 5.09. The van der Waals surface area contributed by atoms with Gasteiger partial charge in [0.1, 0.15) is 5.82 Å². The van der Waals surface area contributed by atoms with Crippen LogP contribution >= 0.6 is 0 Å². The Morgan fingerprint density at radius 1 is 1.15 bits per heavy atom. The first kappa shape index (κ1) is 16.1. The first-order chi connectivity index (χ1) is 9.30. The number of hydrogen-bond donors (Lipinski definition) is 3. The molecule has 1 aromatic carbocycles. The minimum atomic E-state index is -0.905. The van der Waals surface area contributed by atoms with Crippen molar-refractivity contribution in [2.45, 2.75) is 25.8 Å².